The number of anilines is 1. The van der Waals surface area contributed by atoms with E-state index in [1.807, 2.05) is 6.92 Å². The average Bonchev–Trinajstić information content (AvgIpc) is 2.59. The molecule has 1 N–H and O–H groups in total. The first-order chi connectivity index (χ1) is 9.49. The molecule has 0 fully saturated rings. The Bertz CT molecular complexity index is 458. The third kappa shape index (κ3) is 4.08. The maximum Gasteiger partial charge on any atom is 0.396 e. The maximum atomic E-state index is 12.5. The zero-order valence-corrected chi connectivity index (χ0v) is 11.7. The quantitative estimate of drug-likeness (QED) is 0.859. The lowest BCUT2D eigenvalue weighted by atomic mass is 10.1. The highest BCUT2D eigenvalue weighted by Crippen LogP contribution is 2.27. The predicted molar refractivity (Wildman–Crippen MR) is 71.8 cm³/mol. The van der Waals surface area contributed by atoms with Gasteiger partial charge in [-0.15, -0.1) is 0 Å². The Hall–Kier alpha value is -1.33. The summed E-state index contributed by atoms with van der Waals surface area (Å²) < 4.78 is 37.6. The van der Waals surface area contributed by atoms with Crippen LogP contribution in [-0.4, -0.2) is 22.7 Å². The normalized spacial score (nSPS) is 15.6. The molecule has 0 aliphatic heterocycles. The summed E-state index contributed by atoms with van der Waals surface area (Å²) >= 11 is 0. The lowest BCUT2D eigenvalue weighted by molar-refractivity contribution is -0.128. The molecule has 0 saturated heterocycles. The molecule has 0 amide bonds. The Morgan fingerprint density at radius 3 is 2.55 bits per heavy atom. The third-order valence-electron chi connectivity index (χ3n) is 3.38. The lowest BCUT2D eigenvalue weighted by Crippen LogP contribution is -2.18. The summed E-state index contributed by atoms with van der Waals surface area (Å²) in [5, 5.41) is 3.16. The van der Waals surface area contributed by atoms with Crippen LogP contribution >= 0.6 is 0 Å². The highest BCUT2D eigenvalue weighted by molar-refractivity contribution is 5.47. The third-order valence-corrected chi connectivity index (χ3v) is 3.38. The summed E-state index contributed by atoms with van der Waals surface area (Å²) in [6.45, 7) is 2.73. The van der Waals surface area contributed by atoms with E-state index in [0.717, 1.165) is 56.3 Å². The molecule has 1 aliphatic rings. The Morgan fingerprint density at radius 2 is 1.85 bits per heavy atom. The van der Waals surface area contributed by atoms with E-state index in [1.54, 1.807) is 0 Å². The van der Waals surface area contributed by atoms with Gasteiger partial charge in [-0.1, -0.05) is 13.3 Å². The molecule has 0 bridgehead atoms. The number of rotatable bonds is 4. The number of halogens is 3. The summed E-state index contributed by atoms with van der Waals surface area (Å²) in [6.07, 6.45) is 0.337. The minimum Gasteiger partial charge on any atom is -0.370 e. The second kappa shape index (κ2) is 6.41. The molecule has 1 aliphatic carbocycles. The molecule has 0 radical (unpaired) electrons. The Morgan fingerprint density at radius 1 is 1.10 bits per heavy atom. The second-order valence-corrected chi connectivity index (χ2v) is 5.19. The molecule has 0 unspecified atom stereocenters. The number of aromatic nitrogens is 2. The number of aryl methyl sites for hydroxylation is 1. The Balaban J connectivity index is 2.33. The number of fused-ring (bicyclic) bond motifs is 1. The fraction of sp³-hybridized carbons (Fsp3) is 0.714. The number of alkyl halides is 3. The van der Waals surface area contributed by atoms with Crippen molar-refractivity contribution in [2.75, 3.05) is 11.9 Å². The molecular formula is C14H20F3N3. The van der Waals surface area contributed by atoms with E-state index < -0.39 is 12.6 Å². The minimum atomic E-state index is -4.26. The molecule has 1 aromatic rings. The number of hydrogen-bond acceptors (Lipinski definition) is 3. The van der Waals surface area contributed by atoms with Crippen LogP contribution in [0.4, 0.5) is 19.0 Å². The van der Waals surface area contributed by atoms with Gasteiger partial charge in [-0.2, -0.15) is 13.2 Å². The van der Waals surface area contributed by atoms with Crippen LogP contribution in [0.2, 0.25) is 0 Å². The molecular weight excluding hydrogens is 267 g/mol. The average molecular weight is 287 g/mol. The first-order valence-corrected chi connectivity index (χ1v) is 7.19. The molecule has 0 aromatic carbocycles. The number of nitrogens with one attached hydrogen (secondary N) is 1. The van der Waals surface area contributed by atoms with Crippen LogP contribution in [0.25, 0.3) is 0 Å². The van der Waals surface area contributed by atoms with E-state index in [2.05, 4.69) is 15.3 Å². The van der Waals surface area contributed by atoms with Crippen LogP contribution in [0.3, 0.4) is 0 Å². The van der Waals surface area contributed by atoms with Crippen molar-refractivity contribution in [3.63, 3.8) is 0 Å². The zero-order valence-electron chi connectivity index (χ0n) is 11.7. The van der Waals surface area contributed by atoms with E-state index in [9.17, 15) is 13.2 Å². The van der Waals surface area contributed by atoms with Crippen molar-refractivity contribution in [3.8, 4) is 0 Å². The topological polar surface area (TPSA) is 37.8 Å². The van der Waals surface area contributed by atoms with Crippen LogP contribution in [0.1, 0.15) is 49.7 Å². The first-order valence-electron chi connectivity index (χ1n) is 7.19. The van der Waals surface area contributed by atoms with Crippen LogP contribution in [0, 0.1) is 0 Å². The number of hydrogen-bond donors (Lipinski definition) is 1. The summed E-state index contributed by atoms with van der Waals surface area (Å²) in [4.78, 5) is 8.26. The van der Waals surface area contributed by atoms with Crippen molar-refractivity contribution in [3.05, 3.63) is 17.1 Å². The van der Waals surface area contributed by atoms with Gasteiger partial charge in [0.2, 0.25) is 0 Å². The molecule has 1 heterocycles. The van der Waals surface area contributed by atoms with Gasteiger partial charge < -0.3 is 5.32 Å². The monoisotopic (exact) mass is 287 g/mol. The minimum absolute atomic E-state index is 0.114. The largest absolute Gasteiger partial charge is 0.396 e. The van der Waals surface area contributed by atoms with Gasteiger partial charge in [-0.05, 0) is 32.1 Å². The van der Waals surface area contributed by atoms with Crippen molar-refractivity contribution in [2.24, 2.45) is 0 Å². The van der Waals surface area contributed by atoms with E-state index in [-0.39, 0.29) is 5.82 Å². The van der Waals surface area contributed by atoms with Gasteiger partial charge in [-0.3, -0.25) is 0 Å². The fourth-order valence-electron chi connectivity index (χ4n) is 2.47. The molecule has 2 rings (SSSR count). The van der Waals surface area contributed by atoms with Gasteiger partial charge in [0.1, 0.15) is 18.1 Å². The molecule has 20 heavy (non-hydrogen) atoms. The standard InChI is InChI=1S/C14H20F3N3/c1-2-8-18-13-10-6-4-3-5-7-11(10)19-12(20-13)9-14(15,16)17/h2-9H2,1H3,(H,18,19,20). The second-order valence-electron chi connectivity index (χ2n) is 5.19. The van der Waals surface area contributed by atoms with Crippen LogP contribution < -0.4 is 5.32 Å². The van der Waals surface area contributed by atoms with Crippen LogP contribution in [-0.2, 0) is 19.3 Å². The molecule has 1 aromatic heterocycles. The smallest absolute Gasteiger partial charge is 0.370 e. The summed E-state index contributed by atoms with van der Waals surface area (Å²) in [5.74, 6) is 0.495. The molecule has 112 valence electrons. The van der Waals surface area contributed by atoms with E-state index >= 15 is 0 Å². The highest BCUT2D eigenvalue weighted by atomic mass is 19.4. The summed E-state index contributed by atoms with van der Waals surface area (Å²) in [7, 11) is 0. The van der Waals surface area contributed by atoms with Crippen molar-refractivity contribution < 1.29 is 13.2 Å². The maximum absolute atomic E-state index is 12.5. The summed E-state index contributed by atoms with van der Waals surface area (Å²) in [5.41, 5.74) is 1.82. The zero-order chi connectivity index (χ0) is 14.6. The predicted octanol–water partition coefficient (Wildman–Crippen LogP) is 3.67. The lowest BCUT2D eigenvalue weighted by Gasteiger charge is -2.15. The van der Waals surface area contributed by atoms with Gasteiger partial charge in [-0.25, -0.2) is 9.97 Å². The van der Waals surface area contributed by atoms with E-state index in [0.29, 0.717) is 5.82 Å². The first kappa shape index (κ1) is 15.1. The van der Waals surface area contributed by atoms with Gasteiger partial charge in [0, 0.05) is 17.8 Å². The molecule has 0 saturated carbocycles. The summed E-state index contributed by atoms with van der Waals surface area (Å²) in [6, 6.07) is 0. The molecule has 3 nitrogen and oxygen atoms in total. The Kier molecular flexibility index (Phi) is 4.83. The van der Waals surface area contributed by atoms with Crippen molar-refractivity contribution >= 4 is 5.82 Å². The van der Waals surface area contributed by atoms with Crippen molar-refractivity contribution in [1.82, 2.24) is 9.97 Å². The van der Waals surface area contributed by atoms with Gasteiger partial charge >= 0.3 is 6.18 Å². The molecule has 0 atom stereocenters. The van der Waals surface area contributed by atoms with Crippen LogP contribution in [0.15, 0.2) is 0 Å². The van der Waals surface area contributed by atoms with E-state index in [1.165, 1.54) is 0 Å². The SMILES string of the molecule is CCCNc1nc(CC(F)(F)F)nc2c1CCCCC2. The molecule has 0 spiro atoms. The van der Waals surface area contributed by atoms with Crippen LogP contribution in [0.5, 0.6) is 0 Å². The van der Waals surface area contributed by atoms with Crippen molar-refractivity contribution in [2.45, 2.75) is 58.0 Å². The van der Waals surface area contributed by atoms with Gasteiger partial charge in [0.15, 0.2) is 0 Å². The molecule has 6 heteroatoms. The highest BCUT2D eigenvalue weighted by Gasteiger charge is 2.30. The van der Waals surface area contributed by atoms with Crippen molar-refractivity contribution in [1.29, 1.82) is 0 Å². The fourth-order valence-corrected chi connectivity index (χ4v) is 2.47. The number of nitrogens with zero attached hydrogens (tertiary/aromatic N) is 2. The van der Waals surface area contributed by atoms with Gasteiger partial charge in [0.25, 0.3) is 0 Å². The Labute approximate surface area is 117 Å². The van der Waals surface area contributed by atoms with Gasteiger partial charge in [0.05, 0.1) is 0 Å². The van der Waals surface area contributed by atoms with E-state index in [4.69, 9.17) is 0 Å².